The van der Waals surface area contributed by atoms with Crippen molar-refractivity contribution in [3.63, 3.8) is 0 Å². The summed E-state index contributed by atoms with van der Waals surface area (Å²) in [5.41, 5.74) is -0.805. The third-order valence-corrected chi connectivity index (χ3v) is 2.12. The van der Waals surface area contributed by atoms with Crippen LogP contribution in [0.15, 0.2) is 18.2 Å². The maximum Gasteiger partial charge on any atom is 0.435 e. The van der Waals surface area contributed by atoms with E-state index in [1.165, 1.54) is 25.2 Å². The fraction of sp³-hybridized carbons (Fsp3) is 0.222. The third-order valence-electron chi connectivity index (χ3n) is 2.12. The van der Waals surface area contributed by atoms with E-state index in [9.17, 15) is 18.3 Å². The van der Waals surface area contributed by atoms with Gasteiger partial charge in [-0.15, -0.1) is 0 Å². The fourth-order valence-electron chi connectivity index (χ4n) is 1.49. The van der Waals surface area contributed by atoms with Crippen molar-refractivity contribution in [2.45, 2.75) is 6.18 Å². The summed E-state index contributed by atoms with van der Waals surface area (Å²) in [4.78, 5) is 0. The average molecular weight is 216 g/mol. The van der Waals surface area contributed by atoms with E-state index in [1.54, 1.807) is 0 Å². The van der Waals surface area contributed by atoms with Crippen LogP contribution in [0, 0.1) is 0 Å². The highest BCUT2D eigenvalue weighted by Crippen LogP contribution is 2.37. The van der Waals surface area contributed by atoms with Crippen LogP contribution >= 0.6 is 0 Å². The Morgan fingerprint density at radius 2 is 2.00 bits per heavy atom. The molecule has 0 amide bonds. The molecule has 0 aliphatic heterocycles. The smallest absolute Gasteiger partial charge is 0.435 e. The number of rotatable bonds is 0. The van der Waals surface area contributed by atoms with Gasteiger partial charge in [-0.2, -0.15) is 18.3 Å². The van der Waals surface area contributed by atoms with Gasteiger partial charge in [-0.25, -0.2) is 0 Å². The molecule has 1 N–H and O–H groups in total. The van der Waals surface area contributed by atoms with Crippen molar-refractivity contribution in [1.29, 1.82) is 0 Å². The van der Waals surface area contributed by atoms with Crippen LogP contribution in [0.2, 0.25) is 0 Å². The zero-order valence-corrected chi connectivity index (χ0v) is 7.71. The van der Waals surface area contributed by atoms with Gasteiger partial charge in [0.25, 0.3) is 0 Å². The lowest BCUT2D eigenvalue weighted by Gasteiger charge is -2.02. The van der Waals surface area contributed by atoms with E-state index in [0.29, 0.717) is 0 Å². The minimum Gasteiger partial charge on any atom is -0.507 e. The van der Waals surface area contributed by atoms with Gasteiger partial charge in [0.15, 0.2) is 5.69 Å². The van der Waals surface area contributed by atoms with Crippen LogP contribution in [0.5, 0.6) is 5.75 Å². The highest BCUT2D eigenvalue weighted by Gasteiger charge is 2.37. The Morgan fingerprint density at radius 1 is 1.33 bits per heavy atom. The largest absolute Gasteiger partial charge is 0.507 e. The SMILES string of the molecule is Cn1nc(C(F)(F)F)c2c(O)cccc21. The van der Waals surface area contributed by atoms with E-state index in [4.69, 9.17) is 0 Å². The molecule has 0 saturated carbocycles. The Morgan fingerprint density at radius 3 is 2.60 bits per heavy atom. The molecule has 15 heavy (non-hydrogen) atoms. The minimum absolute atomic E-state index is 0.252. The molecule has 0 bridgehead atoms. The van der Waals surface area contributed by atoms with E-state index in [1.807, 2.05) is 0 Å². The molecule has 2 rings (SSSR count). The first-order chi connectivity index (χ1) is 6.91. The number of halogens is 3. The van der Waals surface area contributed by atoms with Gasteiger partial charge in [-0.05, 0) is 12.1 Å². The van der Waals surface area contributed by atoms with Crippen molar-refractivity contribution < 1.29 is 18.3 Å². The van der Waals surface area contributed by atoms with Crippen molar-refractivity contribution in [2.24, 2.45) is 7.05 Å². The molecular weight excluding hydrogens is 209 g/mol. The predicted molar refractivity (Wildman–Crippen MR) is 47.4 cm³/mol. The Balaban J connectivity index is 2.88. The number of hydrogen-bond donors (Lipinski definition) is 1. The number of benzene rings is 1. The number of phenolic OH excluding ortho intramolecular Hbond substituents is 1. The number of hydrogen-bond acceptors (Lipinski definition) is 2. The van der Waals surface area contributed by atoms with Crippen LogP contribution in [0.25, 0.3) is 10.9 Å². The van der Waals surface area contributed by atoms with E-state index in [2.05, 4.69) is 5.10 Å². The summed E-state index contributed by atoms with van der Waals surface area (Å²) >= 11 is 0. The summed E-state index contributed by atoms with van der Waals surface area (Å²) in [6.45, 7) is 0. The molecule has 1 aromatic heterocycles. The topological polar surface area (TPSA) is 38.0 Å². The van der Waals surface area contributed by atoms with Crippen LogP contribution in [-0.4, -0.2) is 14.9 Å². The van der Waals surface area contributed by atoms with Crippen molar-refractivity contribution >= 4 is 10.9 Å². The second-order valence-electron chi connectivity index (χ2n) is 3.14. The van der Waals surface area contributed by atoms with Crippen LogP contribution in [0.4, 0.5) is 13.2 Å². The number of aryl methyl sites for hydroxylation is 1. The van der Waals surface area contributed by atoms with Crippen molar-refractivity contribution in [3.05, 3.63) is 23.9 Å². The quantitative estimate of drug-likeness (QED) is 0.733. The highest BCUT2D eigenvalue weighted by molar-refractivity contribution is 5.88. The summed E-state index contributed by atoms with van der Waals surface area (Å²) in [5.74, 6) is -0.409. The average Bonchev–Trinajstić information content (AvgIpc) is 2.45. The number of aromatic hydroxyl groups is 1. The van der Waals surface area contributed by atoms with Gasteiger partial charge < -0.3 is 5.11 Å². The predicted octanol–water partition coefficient (Wildman–Crippen LogP) is 2.30. The number of phenols is 1. The maximum atomic E-state index is 12.5. The first-order valence-electron chi connectivity index (χ1n) is 4.13. The van der Waals surface area contributed by atoms with Crippen LogP contribution in [0.1, 0.15) is 5.69 Å². The Kier molecular flexibility index (Phi) is 1.89. The molecule has 0 atom stereocenters. The van der Waals surface area contributed by atoms with Gasteiger partial charge in [-0.1, -0.05) is 6.07 Å². The fourth-order valence-corrected chi connectivity index (χ4v) is 1.49. The molecule has 80 valence electrons. The third kappa shape index (κ3) is 1.42. The monoisotopic (exact) mass is 216 g/mol. The van der Waals surface area contributed by atoms with Crippen molar-refractivity contribution in [1.82, 2.24) is 9.78 Å². The zero-order chi connectivity index (χ0) is 11.2. The van der Waals surface area contributed by atoms with E-state index >= 15 is 0 Å². The second-order valence-corrected chi connectivity index (χ2v) is 3.14. The molecule has 0 radical (unpaired) electrons. The zero-order valence-electron chi connectivity index (χ0n) is 7.71. The molecule has 0 unspecified atom stereocenters. The lowest BCUT2D eigenvalue weighted by molar-refractivity contribution is -0.140. The molecule has 1 heterocycles. The van der Waals surface area contributed by atoms with Crippen molar-refractivity contribution in [2.75, 3.05) is 0 Å². The van der Waals surface area contributed by atoms with Gasteiger partial charge in [0.1, 0.15) is 5.75 Å². The molecule has 6 heteroatoms. The summed E-state index contributed by atoms with van der Waals surface area (Å²) in [7, 11) is 1.40. The summed E-state index contributed by atoms with van der Waals surface area (Å²) in [6.07, 6.45) is -4.56. The van der Waals surface area contributed by atoms with E-state index in [0.717, 1.165) is 4.68 Å². The molecule has 3 nitrogen and oxygen atoms in total. The van der Waals surface area contributed by atoms with Gasteiger partial charge in [0, 0.05) is 7.05 Å². The lowest BCUT2D eigenvalue weighted by Crippen LogP contribution is -2.07. The second kappa shape index (κ2) is 2.88. The van der Waals surface area contributed by atoms with Crippen molar-refractivity contribution in [3.8, 4) is 5.75 Å². The molecule has 0 aliphatic rings. The standard InChI is InChI=1S/C9H7F3N2O/c1-14-5-3-2-4-6(15)7(5)8(13-14)9(10,11)12/h2-4,15H,1H3. The van der Waals surface area contributed by atoms with Crippen LogP contribution in [0.3, 0.4) is 0 Å². The van der Waals surface area contributed by atoms with Gasteiger partial charge in [-0.3, -0.25) is 4.68 Å². The molecule has 0 spiro atoms. The summed E-state index contributed by atoms with van der Waals surface area (Å²) in [5, 5.41) is 12.5. The molecule has 0 saturated heterocycles. The summed E-state index contributed by atoms with van der Waals surface area (Å²) < 4.78 is 38.7. The molecule has 1 aromatic carbocycles. The minimum atomic E-state index is -4.56. The molecular formula is C9H7F3N2O. The highest BCUT2D eigenvalue weighted by atomic mass is 19.4. The Bertz CT molecular complexity index is 516. The van der Waals surface area contributed by atoms with Gasteiger partial charge in [0.2, 0.25) is 0 Å². The normalized spacial score (nSPS) is 12.3. The van der Waals surface area contributed by atoms with Gasteiger partial charge in [0.05, 0.1) is 10.9 Å². The van der Waals surface area contributed by atoms with E-state index in [-0.39, 0.29) is 10.9 Å². The number of aromatic nitrogens is 2. The first-order valence-corrected chi connectivity index (χ1v) is 4.13. The molecule has 0 fully saturated rings. The van der Waals surface area contributed by atoms with Crippen LogP contribution < -0.4 is 0 Å². The van der Waals surface area contributed by atoms with E-state index < -0.39 is 17.6 Å². The Hall–Kier alpha value is -1.72. The first kappa shape index (κ1) is 9.82. The van der Waals surface area contributed by atoms with Crippen LogP contribution in [-0.2, 0) is 13.2 Å². The Labute approximate surface area is 82.7 Å². The molecule has 2 aromatic rings. The maximum absolute atomic E-state index is 12.5. The number of alkyl halides is 3. The summed E-state index contributed by atoms with van der Waals surface area (Å²) in [6, 6.07) is 4.15. The molecule has 0 aliphatic carbocycles. The lowest BCUT2D eigenvalue weighted by atomic mass is 10.2. The number of fused-ring (bicyclic) bond motifs is 1. The van der Waals surface area contributed by atoms with Gasteiger partial charge >= 0.3 is 6.18 Å². The number of nitrogens with zero attached hydrogens (tertiary/aromatic N) is 2.